The molecule has 2 nitrogen and oxygen atoms in total. The van der Waals surface area contributed by atoms with Crippen molar-refractivity contribution in [1.29, 1.82) is 0 Å². The van der Waals surface area contributed by atoms with Gasteiger partial charge in [0.05, 0.1) is 19.3 Å². The summed E-state index contributed by atoms with van der Waals surface area (Å²) in [6.07, 6.45) is 4.70. The third-order valence-electron chi connectivity index (χ3n) is 3.65. The molecular weight excluding hydrogens is 164 g/mol. The lowest BCUT2D eigenvalue weighted by Gasteiger charge is -2.46. The maximum atomic E-state index is 9.36. The van der Waals surface area contributed by atoms with Gasteiger partial charge in [-0.1, -0.05) is 11.6 Å². The number of hydrogen-bond donors (Lipinski definition) is 1. The van der Waals surface area contributed by atoms with Crippen LogP contribution in [0.2, 0.25) is 0 Å². The molecule has 1 heterocycles. The molecule has 1 unspecified atom stereocenters. The molecule has 74 valence electrons. The minimum atomic E-state index is 0.0384. The Labute approximate surface area is 79.6 Å². The van der Waals surface area contributed by atoms with Crippen molar-refractivity contribution in [3.05, 3.63) is 11.6 Å². The van der Waals surface area contributed by atoms with E-state index in [0.717, 1.165) is 19.4 Å². The minimum Gasteiger partial charge on any atom is -0.396 e. The molecule has 1 aliphatic heterocycles. The number of aliphatic hydroxyl groups excluding tert-OH is 1. The third kappa shape index (κ3) is 1.42. The molecule has 1 aliphatic carbocycles. The third-order valence-corrected chi connectivity index (χ3v) is 3.65. The highest BCUT2D eigenvalue weighted by Gasteiger charge is 2.42. The Hall–Kier alpha value is -0.340. The van der Waals surface area contributed by atoms with Crippen molar-refractivity contribution in [2.24, 2.45) is 11.3 Å². The Morgan fingerprint density at radius 1 is 1.69 bits per heavy atom. The molecule has 0 aromatic heterocycles. The lowest BCUT2D eigenvalue weighted by molar-refractivity contribution is -0.104. The number of aliphatic hydroxyl groups is 1. The second-order valence-corrected chi connectivity index (χ2v) is 4.64. The van der Waals surface area contributed by atoms with Crippen molar-refractivity contribution in [3.8, 4) is 0 Å². The van der Waals surface area contributed by atoms with Crippen molar-refractivity contribution in [1.82, 2.24) is 0 Å². The second kappa shape index (κ2) is 3.10. The molecule has 13 heavy (non-hydrogen) atoms. The fourth-order valence-electron chi connectivity index (χ4n) is 2.49. The van der Waals surface area contributed by atoms with Gasteiger partial charge in [0.2, 0.25) is 0 Å². The Bertz CT molecular complexity index is 234. The van der Waals surface area contributed by atoms with Crippen LogP contribution in [-0.2, 0) is 4.74 Å². The lowest BCUT2D eigenvalue weighted by atomic mass is 9.68. The lowest BCUT2D eigenvalue weighted by Crippen LogP contribution is -2.45. The predicted octanol–water partition coefficient (Wildman–Crippen LogP) is 1.74. The summed E-state index contributed by atoms with van der Waals surface area (Å²) in [5, 5.41) is 9.36. The van der Waals surface area contributed by atoms with E-state index in [2.05, 4.69) is 19.9 Å². The summed E-state index contributed by atoms with van der Waals surface area (Å²) in [6.45, 7) is 5.30. The molecule has 0 aromatic rings. The molecule has 0 amide bonds. The topological polar surface area (TPSA) is 29.5 Å². The summed E-state index contributed by atoms with van der Waals surface area (Å²) in [6, 6.07) is 0. The van der Waals surface area contributed by atoms with E-state index in [0.29, 0.717) is 12.0 Å². The van der Waals surface area contributed by atoms with Crippen LogP contribution in [0.1, 0.15) is 26.7 Å². The fourth-order valence-corrected chi connectivity index (χ4v) is 2.49. The van der Waals surface area contributed by atoms with Crippen LogP contribution in [-0.4, -0.2) is 24.4 Å². The summed E-state index contributed by atoms with van der Waals surface area (Å²) < 4.78 is 5.71. The highest BCUT2D eigenvalue weighted by molar-refractivity contribution is 5.15. The molecule has 1 saturated heterocycles. The molecule has 2 bridgehead atoms. The van der Waals surface area contributed by atoms with Crippen LogP contribution < -0.4 is 0 Å². The Balaban J connectivity index is 2.24. The van der Waals surface area contributed by atoms with E-state index in [1.165, 1.54) is 5.57 Å². The summed E-state index contributed by atoms with van der Waals surface area (Å²) >= 11 is 0. The first kappa shape index (κ1) is 9.22. The van der Waals surface area contributed by atoms with Gasteiger partial charge in [0.25, 0.3) is 0 Å². The van der Waals surface area contributed by atoms with Crippen LogP contribution in [0.15, 0.2) is 11.6 Å². The van der Waals surface area contributed by atoms with E-state index in [9.17, 15) is 5.11 Å². The highest BCUT2D eigenvalue weighted by atomic mass is 16.5. The van der Waals surface area contributed by atoms with Gasteiger partial charge in [-0.25, -0.2) is 0 Å². The number of hydrogen-bond acceptors (Lipinski definition) is 2. The monoisotopic (exact) mass is 182 g/mol. The standard InChI is InChI=1S/C11H18O2/c1-8-3-4-11(6-12)5-10(8)9(2)13-7-11/h3,9-10,12H,4-7H2,1-2H3/t9?,10-,11+/m0/s1. The molecule has 1 fully saturated rings. The van der Waals surface area contributed by atoms with Gasteiger partial charge in [0.15, 0.2) is 0 Å². The number of allylic oxidation sites excluding steroid dienone is 1. The van der Waals surface area contributed by atoms with Gasteiger partial charge in [-0.15, -0.1) is 0 Å². The van der Waals surface area contributed by atoms with Crippen molar-refractivity contribution in [3.63, 3.8) is 0 Å². The van der Waals surface area contributed by atoms with Gasteiger partial charge in [-0.3, -0.25) is 0 Å². The van der Waals surface area contributed by atoms with E-state index in [-0.39, 0.29) is 12.0 Å². The molecule has 2 heteroatoms. The molecule has 0 aromatic carbocycles. The first-order chi connectivity index (χ1) is 6.17. The van der Waals surface area contributed by atoms with Gasteiger partial charge < -0.3 is 9.84 Å². The van der Waals surface area contributed by atoms with E-state index < -0.39 is 0 Å². The van der Waals surface area contributed by atoms with Crippen LogP contribution in [0.5, 0.6) is 0 Å². The van der Waals surface area contributed by atoms with E-state index >= 15 is 0 Å². The fraction of sp³-hybridized carbons (Fsp3) is 0.818. The first-order valence-electron chi connectivity index (χ1n) is 5.06. The Kier molecular flexibility index (Phi) is 2.20. The van der Waals surface area contributed by atoms with Crippen LogP contribution >= 0.6 is 0 Å². The summed E-state index contributed by atoms with van der Waals surface area (Å²) in [7, 11) is 0. The molecule has 0 spiro atoms. The zero-order chi connectivity index (χ0) is 9.47. The van der Waals surface area contributed by atoms with Gasteiger partial charge in [0.1, 0.15) is 0 Å². The summed E-state index contributed by atoms with van der Waals surface area (Å²) in [4.78, 5) is 0. The maximum absolute atomic E-state index is 9.36. The summed E-state index contributed by atoms with van der Waals surface area (Å²) in [5.74, 6) is 0.537. The van der Waals surface area contributed by atoms with Crippen molar-refractivity contribution in [2.45, 2.75) is 32.8 Å². The molecule has 2 aliphatic rings. The SMILES string of the molecule is CC1=CC[C@@]2(CO)COC(C)[C@H]1C2. The maximum Gasteiger partial charge on any atom is 0.0612 e. The second-order valence-electron chi connectivity index (χ2n) is 4.64. The Morgan fingerprint density at radius 2 is 2.46 bits per heavy atom. The zero-order valence-corrected chi connectivity index (χ0v) is 8.42. The van der Waals surface area contributed by atoms with Crippen LogP contribution in [0.25, 0.3) is 0 Å². The van der Waals surface area contributed by atoms with Crippen molar-refractivity contribution < 1.29 is 9.84 Å². The smallest absolute Gasteiger partial charge is 0.0612 e. The minimum absolute atomic E-state index is 0.0384. The van der Waals surface area contributed by atoms with Crippen LogP contribution in [0.3, 0.4) is 0 Å². The average Bonchev–Trinajstić information content (AvgIpc) is 2.17. The predicted molar refractivity (Wildman–Crippen MR) is 51.4 cm³/mol. The van der Waals surface area contributed by atoms with Gasteiger partial charge in [-0.2, -0.15) is 0 Å². The van der Waals surface area contributed by atoms with Gasteiger partial charge in [-0.05, 0) is 26.7 Å². The highest BCUT2D eigenvalue weighted by Crippen LogP contribution is 2.44. The van der Waals surface area contributed by atoms with Crippen LogP contribution in [0.4, 0.5) is 0 Å². The normalized spacial score (nSPS) is 44.4. The largest absolute Gasteiger partial charge is 0.396 e. The molecule has 0 saturated carbocycles. The van der Waals surface area contributed by atoms with Crippen LogP contribution in [0, 0.1) is 11.3 Å². The number of ether oxygens (including phenoxy) is 1. The molecule has 2 rings (SSSR count). The quantitative estimate of drug-likeness (QED) is 0.626. The van der Waals surface area contributed by atoms with Crippen molar-refractivity contribution >= 4 is 0 Å². The summed E-state index contributed by atoms with van der Waals surface area (Å²) in [5.41, 5.74) is 1.48. The van der Waals surface area contributed by atoms with E-state index in [1.54, 1.807) is 0 Å². The van der Waals surface area contributed by atoms with Crippen molar-refractivity contribution in [2.75, 3.05) is 13.2 Å². The molecule has 3 atom stereocenters. The first-order valence-corrected chi connectivity index (χ1v) is 5.06. The average molecular weight is 182 g/mol. The Morgan fingerprint density at radius 3 is 3.15 bits per heavy atom. The zero-order valence-electron chi connectivity index (χ0n) is 8.42. The van der Waals surface area contributed by atoms with E-state index in [1.807, 2.05) is 0 Å². The molecule has 0 radical (unpaired) electrons. The molecular formula is C11H18O2. The number of rotatable bonds is 1. The van der Waals surface area contributed by atoms with Gasteiger partial charge >= 0.3 is 0 Å². The van der Waals surface area contributed by atoms with Gasteiger partial charge in [0, 0.05) is 11.3 Å². The van der Waals surface area contributed by atoms with E-state index in [4.69, 9.17) is 4.74 Å². The number of fused-ring (bicyclic) bond motifs is 2. The molecule has 1 N–H and O–H groups in total.